The highest BCUT2D eigenvalue weighted by molar-refractivity contribution is 6.32. The lowest BCUT2D eigenvalue weighted by atomic mass is 10.3. The van der Waals surface area contributed by atoms with Gasteiger partial charge in [0.1, 0.15) is 0 Å². The van der Waals surface area contributed by atoms with E-state index in [1.54, 1.807) is 10.9 Å². The Balaban J connectivity index is 1.86. The van der Waals surface area contributed by atoms with Crippen molar-refractivity contribution in [3.63, 3.8) is 0 Å². The molecule has 1 fully saturated rings. The fourth-order valence-corrected chi connectivity index (χ4v) is 1.96. The van der Waals surface area contributed by atoms with E-state index in [4.69, 9.17) is 11.6 Å². The first-order valence-corrected chi connectivity index (χ1v) is 6.10. The van der Waals surface area contributed by atoms with Crippen LogP contribution in [0.4, 0.5) is 0 Å². The van der Waals surface area contributed by atoms with Crippen molar-refractivity contribution in [1.29, 1.82) is 0 Å². The molecular weight excluding hydrogens is 236 g/mol. The van der Waals surface area contributed by atoms with E-state index in [9.17, 15) is 0 Å². The summed E-state index contributed by atoms with van der Waals surface area (Å²) in [7, 11) is 0. The van der Waals surface area contributed by atoms with Crippen LogP contribution in [0.25, 0.3) is 5.69 Å². The maximum Gasteiger partial charge on any atom is 0.0853 e. The smallest absolute Gasteiger partial charge is 0.0853 e. The quantitative estimate of drug-likeness (QED) is 0.902. The summed E-state index contributed by atoms with van der Waals surface area (Å²) in [5.41, 5.74) is 1.91. The molecule has 0 unspecified atom stereocenters. The van der Waals surface area contributed by atoms with E-state index in [1.165, 1.54) is 12.8 Å². The summed E-state index contributed by atoms with van der Waals surface area (Å²) < 4.78 is 1.79. The highest BCUT2D eigenvalue weighted by Gasteiger charge is 2.21. The van der Waals surface area contributed by atoms with E-state index in [0.717, 1.165) is 17.9 Å². The topological polar surface area (TPSA) is 42.7 Å². The van der Waals surface area contributed by atoms with E-state index in [1.807, 2.05) is 24.3 Å². The summed E-state index contributed by atoms with van der Waals surface area (Å²) in [6.45, 7) is 0.781. The van der Waals surface area contributed by atoms with Gasteiger partial charge in [0.05, 0.1) is 22.6 Å². The molecule has 2 aromatic rings. The summed E-state index contributed by atoms with van der Waals surface area (Å²) in [4.78, 5) is 0. The van der Waals surface area contributed by atoms with Gasteiger partial charge >= 0.3 is 0 Å². The van der Waals surface area contributed by atoms with Crippen LogP contribution in [0, 0.1) is 0 Å². The molecule has 0 aliphatic heterocycles. The zero-order valence-corrected chi connectivity index (χ0v) is 10.1. The molecule has 1 aliphatic rings. The predicted octanol–water partition coefficient (Wildman–Crippen LogP) is 2.17. The van der Waals surface area contributed by atoms with E-state index in [2.05, 4.69) is 15.6 Å². The Kier molecular flexibility index (Phi) is 2.82. The molecule has 0 bridgehead atoms. The van der Waals surface area contributed by atoms with Gasteiger partial charge in [0.25, 0.3) is 0 Å². The second-order valence-corrected chi connectivity index (χ2v) is 4.65. The van der Waals surface area contributed by atoms with Gasteiger partial charge in [0.2, 0.25) is 0 Å². The monoisotopic (exact) mass is 248 g/mol. The molecule has 0 saturated heterocycles. The Morgan fingerprint density at radius 2 is 2.18 bits per heavy atom. The molecule has 3 rings (SSSR count). The molecule has 0 amide bonds. The number of benzene rings is 1. The van der Waals surface area contributed by atoms with E-state index in [0.29, 0.717) is 11.1 Å². The van der Waals surface area contributed by atoms with Crippen molar-refractivity contribution in [2.24, 2.45) is 0 Å². The molecule has 5 heteroatoms. The molecule has 1 N–H and O–H groups in total. The van der Waals surface area contributed by atoms with Gasteiger partial charge in [-0.05, 0) is 25.0 Å². The third-order valence-corrected chi connectivity index (χ3v) is 3.17. The van der Waals surface area contributed by atoms with Crippen molar-refractivity contribution in [2.45, 2.75) is 25.4 Å². The van der Waals surface area contributed by atoms with Crippen molar-refractivity contribution in [3.05, 3.63) is 41.2 Å². The summed E-state index contributed by atoms with van der Waals surface area (Å²) in [5, 5.41) is 12.2. The minimum Gasteiger partial charge on any atom is -0.308 e. The predicted molar refractivity (Wildman–Crippen MR) is 66.2 cm³/mol. The third-order valence-electron chi connectivity index (χ3n) is 2.85. The lowest BCUT2D eigenvalue weighted by Gasteiger charge is -2.08. The Bertz CT molecular complexity index is 519. The second kappa shape index (κ2) is 4.47. The van der Waals surface area contributed by atoms with Crippen molar-refractivity contribution in [2.75, 3.05) is 0 Å². The number of nitrogens with one attached hydrogen (secondary N) is 1. The molecule has 4 nitrogen and oxygen atoms in total. The van der Waals surface area contributed by atoms with Crippen molar-refractivity contribution in [1.82, 2.24) is 20.3 Å². The molecule has 0 atom stereocenters. The zero-order chi connectivity index (χ0) is 11.7. The van der Waals surface area contributed by atoms with Crippen LogP contribution >= 0.6 is 11.6 Å². The van der Waals surface area contributed by atoms with E-state index < -0.39 is 0 Å². The maximum absolute atomic E-state index is 6.15. The van der Waals surface area contributed by atoms with Crippen molar-refractivity contribution >= 4 is 11.6 Å². The van der Waals surface area contributed by atoms with Crippen LogP contribution in [-0.2, 0) is 6.54 Å². The number of hydrogen-bond donors (Lipinski definition) is 1. The Hall–Kier alpha value is -1.39. The third kappa shape index (κ3) is 2.33. The molecule has 1 aliphatic carbocycles. The molecular formula is C12H13ClN4. The van der Waals surface area contributed by atoms with Crippen LogP contribution in [0.15, 0.2) is 30.5 Å². The van der Waals surface area contributed by atoms with Crippen LogP contribution in [0.2, 0.25) is 5.02 Å². The van der Waals surface area contributed by atoms with Gasteiger partial charge in [-0.15, -0.1) is 5.10 Å². The van der Waals surface area contributed by atoms with Crippen LogP contribution in [-0.4, -0.2) is 21.0 Å². The first-order valence-electron chi connectivity index (χ1n) is 5.72. The standard InChI is InChI=1S/C12H13ClN4/c13-11-3-1-2-4-12(11)17-10(8-15-16-17)7-14-9-5-6-9/h1-4,8-9,14H,5-7H2. The molecule has 0 spiro atoms. The fraction of sp³-hybridized carbons (Fsp3) is 0.333. The SMILES string of the molecule is Clc1ccccc1-n1nncc1CNC1CC1. The van der Waals surface area contributed by atoms with Gasteiger partial charge in [-0.1, -0.05) is 28.9 Å². The normalized spacial score (nSPS) is 15.1. The maximum atomic E-state index is 6.15. The van der Waals surface area contributed by atoms with Gasteiger partial charge < -0.3 is 5.32 Å². The lowest BCUT2D eigenvalue weighted by molar-refractivity contribution is 0.647. The lowest BCUT2D eigenvalue weighted by Crippen LogP contribution is -2.18. The zero-order valence-electron chi connectivity index (χ0n) is 9.31. The van der Waals surface area contributed by atoms with Gasteiger partial charge in [-0.2, -0.15) is 0 Å². The summed E-state index contributed by atoms with van der Waals surface area (Å²) in [6.07, 6.45) is 4.32. The van der Waals surface area contributed by atoms with Gasteiger partial charge in [-0.25, -0.2) is 4.68 Å². The highest BCUT2D eigenvalue weighted by Crippen LogP contribution is 2.22. The minimum absolute atomic E-state index is 0.671. The summed E-state index contributed by atoms with van der Waals surface area (Å²) >= 11 is 6.15. The van der Waals surface area contributed by atoms with Crippen LogP contribution in [0.3, 0.4) is 0 Å². The van der Waals surface area contributed by atoms with Gasteiger partial charge in [-0.3, -0.25) is 0 Å². The number of para-hydroxylation sites is 1. The van der Waals surface area contributed by atoms with Crippen LogP contribution in [0.5, 0.6) is 0 Å². The van der Waals surface area contributed by atoms with Crippen LogP contribution < -0.4 is 5.32 Å². The molecule has 0 radical (unpaired) electrons. The Labute approximate surface area is 105 Å². The van der Waals surface area contributed by atoms with Crippen molar-refractivity contribution < 1.29 is 0 Å². The molecule has 1 saturated carbocycles. The first-order chi connectivity index (χ1) is 8.34. The average molecular weight is 249 g/mol. The van der Waals surface area contributed by atoms with E-state index >= 15 is 0 Å². The van der Waals surface area contributed by atoms with Gasteiger partial charge in [0, 0.05) is 12.6 Å². The number of aromatic nitrogens is 3. The average Bonchev–Trinajstić information content (AvgIpc) is 3.06. The van der Waals surface area contributed by atoms with Crippen molar-refractivity contribution in [3.8, 4) is 5.69 Å². The highest BCUT2D eigenvalue weighted by atomic mass is 35.5. The molecule has 1 aromatic heterocycles. The molecule has 1 aromatic carbocycles. The molecule has 88 valence electrons. The fourth-order valence-electron chi connectivity index (χ4n) is 1.74. The molecule has 17 heavy (non-hydrogen) atoms. The molecule has 1 heterocycles. The first kappa shape index (κ1) is 10.7. The number of nitrogens with zero attached hydrogens (tertiary/aromatic N) is 3. The van der Waals surface area contributed by atoms with Crippen LogP contribution in [0.1, 0.15) is 18.5 Å². The van der Waals surface area contributed by atoms with Gasteiger partial charge in [0.15, 0.2) is 0 Å². The Morgan fingerprint density at radius 1 is 1.35 bits per heavy atom. The van der Waals surface area contributed by atoms with E-state index in [-0.39, 0.29) is 0 Å². The Morgan fingerprint density at radius 3 is 2.94 bits per heavy atom. The number of hydrogen-bond acceptors (Lipinski definition) is 3. The summed E-state index contributed by atoms with van der Waals surface area (Å²) in [5.74, 6) is 0. The number of rotatable bonds is 4. The second-order valence-electron chi connectivity index (χ2n) is 4.24. The minimum atomic E-state index is 0.671. The summed E-state index contributed by atoms with van der Waals surface area (Å²) in [6, 6.07) is 8.32. The largest absolute Gasteiger partial charge is 0.308 e. The number of halogens is 1.